The lowest BCUT2D eigenvalue weighted by Gasteiger charge is -2.03. The number of benzene rings is 2. The van der Waals surface area contributed by atoms with Crippen LogP contribution in [0.4, 0.5) is 0 Å². The summed E-state index contributed by atoms with van der Waals surface area (Å²) >= 11 is 0. The monoisotopic (exact) mass is 321 g/mol. The molecular formula is C20H19NO3. The van der Waals surface area contributed by atoms with Crippen molar-refractivity contribution in [3.05, 3.63) is 83.6 Å². The molecule has 2 aromatic carbocycles. The van der Waals surface area contributed by atoms with Gasteiger partial charge in [0.25, 0.3) is 0 Å². The van der Waals surface area contributed by atoms with E-state index in [1.807, 2.05) is 42.5 Å². The Morgan fingerprint density at radius 2 is 1.71 bits per heavy atom. The smallest absolute Gasteiger partial charge is 0.337 e. The Morgan fingerprint density at radius 3 is 2.42 bits per heavy atom. The van der Waals surface area contributed by atoms with Gasteiger partial charge in [-0.1, -0.05) is 42.5 Å². The summed E-state index contributed by atoms with van der Waals surface area (Å²) < 4.78 is 10.6. The third-order valence-corrected chi connectivity index (χ3v) is 3.72. The minimum atomic E-state index is -0.341. The summed E-state index contributed by atoms with van der Waals surface area (Å²) in [6.45, 7) is 1.46. The highest BCUT2D eigenvalue weighted by Gasteiger charge is 2.08. The number of methoxy groups -OCH3 is 1. The molecule has 24 heavy (non-hydrogen) atoms. The predicted molar refractivity (Wildman–Crippen MR) is 92.5 cm³/mol. The van der Waals surface area contributed by atoms with Crippen LogP contribution in [0, 0.1) is 0 Å². The largest absolute Gasteiger partial charge is 0.465 e. The van der Waals surface area contributed by atoms with E-state index in [0.717, 1.165) is 23.6 Å². The van der Waals surface area contributed by atoms with Crippen LogP contribution in [-0.2, 0) is 17.8 Å². The fourth-order valence-electron chi connectivity index (χ4n) is 2.44. The molecule has 0 saturated heterocycles. The summed E-state index contributed by atoms with van der Waals surface area (Å²) in [6, 6.07) is 21.3. The standard InChI is InChI=1S/C20H19NO3/c1-23-20(22)17-9-7-16(8-10-17)19-12-11-18(24-19)14-21-13-15-5-3-2-4-6-15/h2-12,21H,13-14H2,1H3. The zero-order valence-electron chi connectivity index (χ0n) is 13.5. The molecule has 0 saturated carbocycles. The van der Waals surface area contributed by atoms with Gasteiger partial charge in [-0.3, -0.25) is 0 Å². The molecule has 0 fully saturated rings. The molecule has 0 aliphatic rings. The topological polar surface area (TPSA) is 51.5 Å². The number of ether oxygens (including phenoxy) is 1. The van der Waals surface area contributed by atoms with E-state index in [0.29, 0.717) is 12.1 Å². The number of carbonyl (C=O) groups excluding carboxylic acids is 1. The van der Waals surface area contributed by atoms with Crippen LogP contribution in [0.5, 0.6) is 0 Å². The highest BCUT2D eigenvalue weighted by Crippen LogP contribution is 2.22. The summed E-state index contributed by atoms with van der Waals surface area (Å²) in [5.41, 5.74) is 2.69. The number of hydrogen-bond acceptors (Lipinski definition) is 4. The van der Waals surface area contributed by atoms with Crippen LogP contribution in [0.2, 0.25) is 0 Å². The molecule has 0 radical (unpaired) electrons. The first kappa shape index (κ1) is 16.0. The van der Waals surface area contributed by atoms with Crippen LogP contribution < -0.4 is 5.32 Å². The van der Waals surface area contributed by atoms with Crippen molar-refractivity contribution in [1.29, 1.82) is 0 Å². The lowest BCUT2D eigenvalue weighted by molar-refractivity contribution is 0.0600. The van der Waals surface area contributed by atoms with Crippen LogP contribution in [0.3, 0.4) is 0 Å². The fraction of sp³-hybridized carbons (Fsp3) is 0.150. The molecule has 122 valence electrons. The van der Waals surface area contributed by atoms with Crippen molar-refractivity contribution < 1.29 is 13.9 Å². The van der Waals surface area contributed by atoms with Crippen LogP contribution in [0.15, 0.2) is 71.1 Å². The Balaban J connectivity index is 1.60. The molecule has 0 amide bonds. The molecule has 1 heterocycles. The number of furan rings is 1. The minimum Gasteiger partial charge on any atom is -0.465 e. The Hall–Kier alpha value is -2.85. The van der Waals surface area contributed by atoms with E-state index in [9.17, 15) is 4.79 Å². The molecule has 0 aliphatic carbocycles. The normalized spacial score (nSPS) is 10.5. The molecule has 4 nitrogen and oxygen atoms in total. The summed E-state index contributed by atoms with van der Waals surface area (Å²) in [5.74, 6) is 1.31. The van der Waals surface area contributed by atoms with Gasteiger partial charge < -0.3 is 14.5 Å². The van der Waals surface area contributed by atoms with Gasteiger partial charge in [0.2, 0.25) is 0 Å². The van der Waals surface area contributed by atoms with Gasteiger partial charge in [0.15, 0.2) is 0 Å². The SMILES string of the molecule is COC(=O)c1ccc(-c2ccc(CNCc3ccccc3)o2)cc1. The lowest BCUT2D eigenvalue weighted by atomic mass is 10.1. The molecule has 0 aliphatic heterocycles. The van der Waals surface area contributed by atoms with Gasteiger partial charge in [0.1, 0.15) is 11.5 Å². The number of esters is 1. The van der Waals surface area contributed by atoms with Gasteiger partial charge in [-0.05, 0) is 29.8 Å². The van der Waals surface area contributed by atoms with E-state index < -0.39 is 0 Å². The molecule has 4 heteroatoms. The maximum absolute atomic E-state index is 11.4. The van der Waals surface area contributed by atoms with Gasteiger partial charge >= 0.3 is 5.97 Å². The Bertz CT molecular complexity index is 791. The molecule has 0 unspecified atom stereocenters. The zero-order chi connectivity index (χ0) is 16.8. The van der Waals surface area contributed by atoms with Crippen LogP contribution in [0.25, 0.3) is 11.3 Å². The molecule has 0 spiro atoms. The quantitative estimate of drug-likeness (QED) is 0.697. The third kappa shape index (κ3) is 3.91. The Kier molecular flexibility index (Phi) is 5.08. The Morgan fingerprint density at radius 1 is 0.958 bits per heavy atom. The van der Waals surface area contributed by atoms with E-state index in [2.05, 4.69) is 17.4 Å². The molecule has 0 bridgehead atoms. The lowest BCUT2D eigenvalue weighted by Crippen LogP contribution is -2.11. The second kappa shape index (κ2) is 7.62. The van der Waals surface area contributed by atoms with Gasteiger partial charge in [-0.25, -0.2) is 4.79 Å². The average molecular weight is 321 g/mol. The number of hydrogen-bond donors (Lipinski definition) is 1. The van der Waals surface area contributed by atoms with Crippen molar-refractivity contribution in [2.75, 3.05) is 7.11 Å². The van der Waals surface area contributed by atoms with E-state index in [-0.39, 0.29) is 5.97 Å². The molecule has 3 rings (SSSR count). The first-order valence-electron chi connectivity index (χ1n) is 7.78. The average Bonchev–Trinajstić information content (AvgIpc) is 3.11. The summed E-state index contributed by atoms with van der Waals surface area (Å²) in [6.07, 6.45) is 0. The molecule has 3 aromatic rings. The van der Waals surface area contributed by atoms with Crippen molar-refractivity contribution in [2.45, 2.75) is 13.1 Å². The van der Waals surface area contributed by atoms with Crippen molar-refractivity contribution in [3.63, 3.8) is 0 Å². The summed E-state index contributed by atoms with van der Waals surface area (Å²) in [5, 5.41) is 3.36. The molecule has 0 atom stereocenters. The fourth-order valence-corrected chi connectivity index (χ4v) is 2.44. The number of rotatable bonds is 6. The van der Waals surface area contributed by atoms with Crippen molar-refractivity contribution in [2.24, 2.45) is 0 Å². The third-order valence-electron chi connectivity index (χ3n) is 3.72. The van der Waals surface area contributed by atoms with Gasteiger partial charge in [0, 0.05) is 12.1 Å². The maximum atomic E-state index is 11.4. The van der Waals surface area contributed by atoms with E-state index in [1.165, 1.54) is 12.7 Å². The first-order valence-corrected chi connectivity index (χ1v) is 7.78. The van der Waals surface area contributed by atoms with Crippen LogP contribution >= 0.6 is 0 Å². The number of nitrogens with one attached hydrogen (secondary N) is 1. The van der Waals surface area contributed by atoms with Crippen LogP contribution in [-0.4, -0.2) is 13.1 Å². The second-order valence-corrected chi connectivity index (χ2v) is 5.42. The first-order chi connectivity index (χ1) is 11.8. The van der Waals surface area contributed by atoms with Crippen molar-refractivity contribution in [3.8, 4) is 11.3 Å². The second-order valence-electron chi connectivity index (χ2n) is 5.42. The van der Waals surface area contributed by atoms with Gasteiger partial charge in [-0.2, -0.15) is 0 Å². The molecule has 1 N–H and O–H groups in total. The van der Waals surface area contributed by atoms with E-state index >= 15 is 0 Å². The van der Waals surface area contributed by atoms with Gasteiger partial charge in [0.05, 0.1) is 19.2 Å². The summed E-state index contributed by atoms with van der Waals surface area (Å²) in [4.78, 5) is 11.4. The molecule has 1 aromatic heterocycles. The van der Waals surface area contributed by atoms with E-state index in [1.54, 1.807) is 12.1 Å². The van der Waals surface area contributed by atoms with E-state index in [4.69, 9.17) is 9.15 Å². The highest BCUT2D eigenvalue weighted by molar-refractivity contribution is 5.89. The Labute approximate surface area is 141 Å². The predicted octanol–water partition coefficient (Wildman–Crippen LogP) is 4.02. The van der Waals surface area contributed by atoms with Gasteiger partial charge in [-0.15, -0.1) is 0 Å². The number of carbonyl (C=O) groups is 1. The van der Waals surface area contributed by atoms with Crippen molar-refractivity contribution in [1.82, 2.24) is 5.32 Å². The highest BCUT2D eigenvalue weighted by atomic mass is 16.5. The maximum Gasteiger partial charge on any atom is 0.337 e. The molecular weight excluding hydrogens is 302 g/mol. The minimum absolute atomic E-state index is 0.341. The van der Waals surface area contributed by atoms with Crippen LogP contribution in [0.1, 0.15) is 21.7 Å². The van der Waals surface area contributed by atoms with Crippen molar-refractivity contribution >= 4 is 5.97 Å². The summed E-state index contributed by atoms with van der Waals surface area (Å²) in [7, 11) is 1.37. The zero-order valence-corrected chi connectivity index (χ0v) is 13.5.